The number of aryl methyl sites for hydroxylation is 1. The van der Waals surface area contributed by atoms with Crippen molar-refractivity contribution >= 4 is 5.69 Å². The normalized spacial score (nSPS) is 11.2. The predicted octanol–water partition coefficient (Wildman–Crippen LogP) is 4.87. The molecule has 0 aliphatic carbocycles. The van der Waals surface area contributed by atoms with Crippen molar-refractivity contribution < 1.29 is 22.6 Å². The number of alkyl halides is 3. The zero-order chi connectivity index (χ0) is 17.7. The first kappa shape index (κ1) is 18.0. The van der Waals surface area contributed by atoms with E-state index in [0.29, 0.717) is 6.54 Å². The van der Waals surface area contributed by atoms with Crippen LogP contribution in [-0.4, -0.2) is 19.9 Å². The molecule has 0 saturated heterocycles. The third kappa shape index (κ3) is 4.81. The van der Waals surface area contributed by atoms with Gasteiger partial charge in [0, 0.05) is 17.8 Å². The Hall–Kier alpha value is -2.37. The largest absolute Gasteiger partial charge is 0.496 e. The van der Waals surface area contributed by atoms with Crippen LogP contribution in [0.5, 0.6) is 11.5 Å². The van der Waals surface area contributed by atoms with E-state index < -0.39 is 12.8 Å². The van der Waals surface area contributed by atoms with Crippen LogP contribution in [0.4, 0.5) is 18.9 Å². The molecule has 0 amide bonds. The van der Waals surface area contributed by atoms with E-state index in [-0.39, 0.29) is 5.75 Å². The summed E-state index contributed by atoms with van der Waals surface area (Å²) < 4.78 is 46.8. The maximum atomic E-state index is 12.2. The van der Waals surface area contributed by atoms with Gasteiger partial charge in [0.1, 0.15) is 11.5 Å². The molecular weight excluding hydrogens is 319 g/mol. The van der Waals surface area contributed by atoms with E-state index in [0.717, 1.165) is 28.1 Å². The molecule has 3 nitrogen and oxygen atoms in total. The monoisotopic (exact) mass is 339 g/mol. The molecule has 0 radical (unpaired) electrons. The van der Waals surface area contributed by atoms with Gasteiger partial charge in [-0.1, -0.05) is 18.2 Å². The highest BCUT2D eigenvalue weighted by atomic mass is 19.4. The van der Waals surface area contributed by atoms with Gasteiger partial charge in [0.15, 0.2) is 6.61 Å². The van der Waals surface area contributed by atoms with Crippen molar-refractivity contribution in [3.8, 4) is 11.5 Å². The first-order valence-corrected chi connectivity index (χ1v) is 7.46. The van der Waals surface area contributed by atoms with E-state index in [4.69, 9.17) is 9.47 Å². The Morgan fingerprint density at radius 1 is 1.08 bits per heavy atom. The van der Waals surface area contributed by atoms with Crippen molar-refractivity contribution in [3.63, 3.8) is 0 Å². The van der Waals surface area contributed by atoms with Crippen molar-refractivity contribution in [1.82, 2.24) is 0 Å². The summed E-state index contributed by atoms with van der Waals surface area (Å²) in [5, 5.41) is 3.27. The lowest BCUT2D eigenvalue weighted by Crippen LogP contribution is -2.19. The third-order valence-corrected chi connectivity index (χ3v) is 3.59. The molecule has 0 saturated carbocycles. The quantitative estimate of drug-likeness (QED) is 0.815. The van der Waals surface area contributed by atoms with E-state index in [9.17, 15) is 13.2 Å². The fourth-order valence-corrected chi connectivity index (χ4v) is 2.44. The second-order valence-electron chi connectivity index (χ2n) is 5.49. The Morgan fingerprint density at radius 3 is 2.50 bits per heavy atom. The van der Waals surface area contributed by atoms with Crippen LogP contribution in [0, 0.1) is 13.8 Å². The third-order valence-electron chi connectivity index (χ3n) is 3.59. The molecule has 0 bridgehead atoms. The van der Waals surface area contributed by atoms with Gasteiger partial charge < -0.3 is 14.8 Å². The van der Waals surface area contributed by atoms with Gasteiger partial charge in [-0.25, -0.2) is 0 Å². The fourth-order valence-electron chi connectivity index (χ4n) is 2.44. The van der Waals surface area contributed by atoms with Gasteiger partial charge in [0.2, 0.25) is 0 Å². The summed E-state index contributed by atoms with van der Waals surface area (Å²) in [4.78, 5) is 0. The SMILES string of the molecule is COc1c(C)ccc(NCc2cccc(OCC(F)(F)F)c2)c1C. The summed E-state index contributed by atoms with van der Waals surface area (Å²) >= 11 is 0. The molecule has 0 fully saturated rings. The lowest BCUT2D eigenvalue weighted by molar-refractivity contribution is -0.153. The number of ether oxygens (including phenoxy) is 2. The van der Waals surface area contributed by atoms with Gasteiger partial charge >= 0.3 is 6.18 Å². The molecule has 24 heavy (non-hydrogen) atoms. The molecule has 0 aromatic heterocycles. The minimum Gasteiger partial charge on any atom is -0.496 e. The number of anilines is 1. The summed E-state index contributed by atoms with van der Waals surface area (Å²) in [5.74, 6) is 1.02. The van der Waals surface area contributed by atoms with Gasteiger partial charge in [-0.05, 0) is 43.2 Å². The molecule has 0 spiro atoms. The highest BCUT2D eigenvalue weighted by molar-refractivity contribution is 5.59. The molecule has 0 aliphatic heterocycles. The summed E-state index contributed by atoms with van der Waals surface area (Å²) in [6.45, 7) is 3.10. The Bertz CT molecular complexity index is 699. The lowest BCUT2D eigenvalue weighted by Gasteiger charge is -2.15. The van der Waals surface area contributed by atoms with Gasteiger partial charge in [-0.15, -0.1) is 0 Å². The van der Waals surface area contributed by atoms with Crippen molar-refractivity contribution in [2.24, 2.45) is 0 Å². The number of halogens is 3. The van der Waals surface area contributed by atoms with Crippen LogP contribution in [-0.2, 0) is 6.54 Å². The maximum absolute atomic E-state index is 12.2. The first-order valence-electron chi connectivity index (χ1n) is 7.46. The molecule has 130 valence electrons. The zero-order valence-corrected chi connectivity index (χ0v) is 13.8. The Kier molecular flexibility index (Phi) is 5.59. The van der Waals surface area contributed by atoms with Crippen molar-refractivity contribution in [3.05, 3.63) is 53.1 Å². The number of hydrogen-bond donors (Lipinski definition) is 1. The van der Waals surface area contributed by atoms with Gasteiger partial charge in [-0.2, -0.15) is 13.2 Å². The highest BCUT2D eigenvalue weighted by Gasteiger charge is 2.28. The molecule has 0 aliphatic rings. The number of methoxy groups -OCH3 is 1. The van der Waals surface area contributed by atoms with Crippen molar-refractivity contribution in [2.75, 3.05) is 19.0 Å². The minimum atomic E-state index is -4.34. The summed E-state index contributed by atoms with van der Waals surface area (Å²) in [6.07, 6.45) is -4.34. The molecule has 0 unspecified atom stereocenters. The van der Waals surface area contributed by atoms with Gasteiger partial charge in [0.05, 0.1) is 7.11 Å². The number of hydrogen-bond acceptors (Lipinski definition) is 3. The molecule has 2 aromatic rings. The smallest absolute Gasteiger partial charge is 0.422 e. The second-order valence-corrected chi connectivity index (χ2v) is 5.49. The summed E-state index contributed by atoms with van der Waals surface area (Å²) in [7, 11) is 1.63. The number of benzene rings is 2. The Labute approximate surface area is 139 Å². The van der Waals surface area contributed by atoms with Gasteiger partial charge in [-0.3, -0.25) is 0 Å². The van der Waals surface area contributed by atoms with E-state index >= 15 is 0 Å². The van der Waals surface area contributed by atoms with E-state index in [1.54, 1.807) is 19.2 Å². The Balaban J connectivity index is 2.05. The lowest BCUT2D eigenvalue weighted by atomic mass is 10.1. The van der Waals surface area contributed by atoms with Crippen molar-refractivity contribution in [1.29, 1.82) is 0 Å². The van der Waals surface area contributed by atoms with E-state index in [1.165, 1.54) is 6.07 Å². The predicted molar refractivity (Wildman–Crippen MR) is 87.8 cm³/mol. The maximum Gasteiger partial charge on any atom is 0.422 e. The van der Waals surface area contributed by atoms with Crippen LogP contribution in [0.15, 0.2) is 36.4 Å². The van der Waals surface area contributed by atoms with E-state index in [2.05, 4.69) is 5.32 Å². The highest BCUT2D eigenvalue weighted by Crippen LogP contribution is 2.29. The number of nitrogens with one attached hydrogen (secondary N) is 1. The topological polar surface area (TPSA) is 30.5 Å². The van der Waals surface area contributed by atoms with Crippen molar-refractivity contribution in [2.45, 2.75) is 26.6 Å². The van der Waals surface area contributed by atoms with E-state index in [1.807, 2.05) is 32.0 Å². The van der Waals surface area contributed by atoms with Crippen LogP contribution < -0.4 is 14.8 Å². The molecule has 0 atom stereocenters. The van der Waals surface area contributed by atoms with Crippen LogP contribution >= 0.6 is 0 Å². The molecule has 6 heteroatoms. The molecule has 0 heterocycles. The zero-order valence-electron chi connectivity index (χ0n) is 13.8. The first-order chi connectivity index (χ1) is 11.3. The van der Waals surface area contributed by atoms with Crippen LogP contribution in [0.1, 0.15) is 16.7 Å². The fraction of sp³-hybridized carbons (Fsp3) is 0.333. The number of rotatable bonds is 6. The van der Waals surface area contributed by atoms with Gasteiger partial charge in [0.25, 0.3) is 0 Å². The average molecular weight is 339 g/mol. The average Bonchev–Trinajstić information content (AvgIpc) is 2.52. The molecule has 2 aromatic carbocycles. The molecule has 1 N–H and O–H groups in total. The van der Waals surface area contributed by atoms with Crippen LogP contribution in [0.25, 0.3) is 0 Å². The Morgan fingerprint density at radius 2 is 1.83 bits per heavy atom. The summed E-state index contributed by atoms with van der Waals surface area (Å²) in [6, 6.07) is 10.5. The standard InChI is InChI=1S/C18H20F3NO2/c1-12-7-8-16(13(2)17(12)23-3)22-10-14-5-4-6-15(9-14)24-11-18(19,20)21/h4-9,22H,10-11H2,1-3H3. The minimum absolute atomic E-state index is 0.199. The van der Waals surface area contributed by atoms with Crippen LogP contribution in [0.2, 0.25) is 0 Å². The summed E-state index contributed by atoms with van der Waals surface area (Å²) in [5.41, 5.74) is 3.78. The van der Waals surface area contributed by atoms with Crippen LogP contribution in [0.3, 0.4) is 0 Å². The molecular formula is C18H20F3NO2. The molecule has 2 rings (SSSR count). The second kappa shape index (κ2) is 7.47.